The first-order valence-electron chi connectivity index (χ1n) is 9.28. The Hall–Kier alpha value is -1.32. The van der Waals surface area contributed by atoms with Gasteiger partial charge in [-0.3, -0.25) is 0 Å². The molecule has 3 nitrogen and oxygen atoms in total. The van der Waals surface area contributed by atoms with E-state index in [2.05, 4.69) is 124 Å². The van der Waals surface area contributed by atoms with Crippen molar-refractivity contribution in [3.05, 3.63) is 72.9 Å². The van der Waals surface area contributed by atoms with Crippen LogP contribution in [0.3, 0.4) is 0 Å². The summed E-state index contributed by atoms with van der Waals surface area (Å²) in [5.41, 5.74) is 5.84. The fraction of sp³-hybridized carbons (Fsp3) is 0.217. The maximum atomic E-state index is 10.8. The molecule has 3 aromatic carbocycles. The minimum absolute atomic E-state index is 0.489. The molecule has 144 valence electrons. The molecular formula is C23H22I2N2O. The number of anilines is 1. The Bertz CT molecular complexity index is 1110. The minimum atomic E-state index is -0.489. The molecule has 0 radical (unpaired) electrons. The standard InChI is InChI=1S/C23H22I2N2O/c1-14-3-4-15(2)21(9-14)26-12-18(28)13-27-22-7-5-16(24)10-19(22)20-11-17(25)6-8-23(20)27/h3-11,18,26,28H,12-13H2,1-2H3/t18-/m1/s1. The molecule has 0 bridgehead atoms. The second-order valence-corrected chi connectivity index (χ2v) is 9.78. The second-order valence-electron chi connectivity index (χ2n) is 7.29. The number of nitrogens with one attached hydrogen (secondary N) is 1. The zero-order chi connectivity index (χ0) is 19.8. The molecule has 1 aromatic heterocycles. The Morgan fingerprint density at radius 1 is 0.893 bits per heavy atom. The molecule has 0 aliphatic rings. The number of aromatic nitrogens is 1. The van der Waals surface area contributed by atoms with Crippen LogP contribution in [0, 0.1) is 21.0 Å². The van der Waals surface area contributed by atoms with Crippen molar-refractivity contribution in [3.8, 4) is 0 Å². The Morgan fingerprint density at radius 3 is 2.11 bits per heavy atom. The number of aliphatic hydroxyl groups excluding tert-OH is 1. The van der Waals surface area contributed by atoms with Gasteiger partial charge < -0.3 is 15.0 Å². The predicted molar refractivity (Wildman–Crippen MR) is 135 cm³/mol. The molecule has 1 atom stereocenters. The van der Waals surface area contributed by atoms with Gasteiger partial charge in [-0.1, -0.05) is 12.1 Å². The van der Waals surface area contributed by atoms with Gasteiger partial charge in [0.25, 0.3) is 0 Å². The van der Waals surface area contributed by atoms with Crippen molar-refractivity contribution in [3.63, 3.8) is 0 Å². The zero-order valence-electron chi connectivity index (χ0n) is 15.8. The van der Waals surface area contributed by atoms with E-state index in [4.69, 9.17) is 0 Å². The van der Waals surface area contributed by atoms with E-state index in [1.807, 2.05) is 0 Å². The van der Waals surface area contributed by atoms with Crippen molar-refractivity contribution >= 4 is 72.7 Å². The van der Waals surface area contributed by atoms with Crippen LogP contribution in [0.5, 0.6) is 0 Å². The van der Waals surface area contributed by atoms with Crippen LogP contribution in [0.4, 0.5) is 5.69 Å². The summed E-state index contributed by atoms with van der Waals surface area (Å²) in [6.07, 6.45) is -0.489. The Balaban J connectivity index is 1.64. The lowest BCUT2D eigenvalue weighted by molar-refractivity contribution is 0.169. The molecule has 0 saturated carbocycles. The van der Waals surface area contributed by atoms with Gasteiger partial charge in [0, 0.05) is 41.2 Å². The summed E-state index contributed by atoms with van der Waals surface area (Å²) in [6, 6.07) is 19.4. The minimum Gasteiger partial charge on any atom is -0.389 e. The molecule has 28 heavy (non-hydrogen) atoms. The summed E-state index contributed by atoms with van der Waals surface area (Å²) in [5, 5.41) is 16.7. The number of aryl methyl sites for hydroxylation is 2. The van der Waals surface area contributed by atoms with Gasteiger partial charge in [-0.05, 0) is 113 Å². The summed E-state index contributed by atoms with van der Waals surface area (Å²) in [6.45, 7) is 5.24. The van der Waals surface area contributed by atoms with Crippen LogP contribution in [0.15, 0.2) is 54.6 Å². The topological polar surface area (TPSA) is 37.2 Å². The van der Waals surface area contributed by atoms with E-state index in [-0.39, 0.29) is 0 Å². The van der Waals surface area contributed by atoms with Crippen LogP contribution < -0.4 is 5.32 Å². The summed E-state index contributed by atoms with van der Waals surface area (Å²) >= 11 is 4.72. The fourth-order valence-electron chi connectivity index (χ4n) is 3.67. The summed E-state index contributed by atoms with van der Waals surface area (Å²) in [5.74, 6) is 0. The number of hydrogen-bond acceptors (Lipinski definition) is 2. The van der Waals surface area contributed by atoms with Crippen LogP contribution in [0.2, 0.25) is 0 Å². The highest BCUT2D eigenvalue weighted by Crippen LogP contribution is 2.31. The van der Waals surface area contributed by atoms with Crippen molar-refractivity contribution < 1.29 is 5.11 Å². The first-order valence-corrected chi connectivity index (χ1v) is 11.4. The van der Waals surface area contributed by atoms with Gasteiger partial charge in [0.05, 0.1) is 12.6 Å². The van der Waals surface area contributed by atoms with Gasteiger partial charge in [-0.25, -0.2) is 0 Å². The van der Waals surface area contributed by atoms with Crippen LogP contribution in [-0.4, -0.2) is 22.3 Å². The number of benzene rings is 3. The summed E-state index contributed by atoms with van der Waals surface area (Å²) < 4.78 is 4.69. The van der Waals surface area contributed by atoms with E-state index in [0.717, 1.165) is 5.69 Å². The van der Waals surface area contributed by atoms with E-state index in [9.17, 15) is 5.11 Å². The number of aliphatic hydroxyl groups is 1. The van der Waals surface area contributed by atoms with E-state index in [1.54, 1.807) is 0 Å². The van der Waals surface area contributed by atoms with E-state index >= 15 is 0 Å². The first-order chi connectivity index (χ1) is 13.4. The highest BCUT2D eigenvalue weighted by Gasteiger charge is 2.15. The average molecular weight is 596 g/mol. The molecule has 4 aromatic rings. The average Bonchev–Trinajstić information content (AvgIpc) is 2.95. The van der Waals surface area contributed by atoms with Crippen molar-refractivity contribution in [1.29, 1.82) is 0 Å². The quantitative estimate of drug-likeness (QED) is 0.274. The van der Waals surface area contributed by atoms with Crippen LogP contribution >= 0.6 is 45.2 Å². The number of rotatable bonds is 5. The first kappa shape index (κ1) is 20.0. The Morgan fingerprint density at radius 2 is 1.50 bits per heavy atom. The van der Waals surface area contributed by atoms with Gasteiger partial charge >= 0.3 is 0 Å². The zero-order valence-corrected chi connectivity index (χ0v) is 20.2. The molecule has 2 N–H and O–H groups in total. The molecule has 0 saturated heterocycles. The smallest absolute Gasteiger partial charge is 0.0891 e. The van der Waals surface area contributed by atoms with Crippen molar-refractivity contribution in [2.45, 2.75) is 26.5 Å². The third kappa shape index (κ3) is 4.02. The van der Waals surface area contributed by atoms with Gasteiger partial charge in [0.1, 0.15) is 0 Å². The monoisotopic (exact) mass is 596 g/mol. The van der Waals surface area contributed by atoms with Crippen molar-refractivity contribution in [2.75, 3.05) is 11.9 Å². The summed E-state index contributed by atoms with van der Waals surface area (Å²) in [7, 11) is 0. The van der Waals surface area contributed by atoms with E-state index in [1.165, 1.54) is 40.1 Å². The molecule has 4 rings (SSSR count). The molecule has 0 aliphatic heterocycles. The highest BCUT2D eigenvalue weighted by molar-refractivity contribution is 14.1. The van der Waals surface area contributed by atoms with Crippen LogP contribution in [-0.2, 0) is 6.54 Å². The van der Waals surface area contributed by atoms with E-state index < -0.39 is 6.10 Å². The van der Waals surface area contributed by atoms with Crippen LogP contribution in [0.1, 0.15) is 11.1 Å². The SMILES string of the molecule is Cc1ccc(C)c(NC[C@@H](O)Cn2c3ccc(I)cc3c3cc(I)ccc32)c1. The van der Waals surface area contributed by atoms with Crippen molar-refractivity contribution in [1.82, 2.24) is 4.57 Å². The maximum absolute atomic E-state index is 10.8. The third-order valence-electron chi connectivity index (χ3n) is 5.10. The normalized spacial score (nSPS) is 12.6. The number of halogens is 2. The lowest BCUT2D eigenvalue weighted by Crippen LogP contribution is -2.25. The largest absolute Gasteiger partial charge is 0.389 e. The molecule has 0 aliphatic carbocycles. The maximum Gasteiger partial charge on any atom is 0.0891 e. The molecule has 1 heterocycles. The van der Waals surface area contributed by atoms with Gasteiger partial charge in [0.2, 0.25) is 0 Å². The molecule has 0 spiro atoms. The lowest BCUT2D eigenvalue weighted by Gasteiger charge is -2.17. The van der Waals surface area contributed by atoms with E-state index in [0.29, 0.717) is 13.1 Å². The molecule has 0 fully saturated rings. The predicted octanol–water partition coefficient (Wildman–Crippen LogP) is 6.09. The lowest BCUT2D eigenvalue weighted by atomic mass is 10.1. The molecular weight excluding hydrogens is 574 g/mol. The molecule has 5 heteroatoms. The Kier molecular flexibility index (Phi) is 5.85. The highest BCUT2D eigenvalue weighted by atomic mass is 127. The van der Waals surface area contributed by atoms with Crippen LogP contribution in [0.25, 0.3) is 21.8 Å². The van der Waals surface area contributed by atoms with Gasteiger partial charge in [0.15, 0.2) is 0 Å². The summed E-state index contributed by atoms with van der Waals surface area (Å²) in [4.78, 5) is 0. The number of hydrogen-bond donors (Lipinski definition) is 2. The second kappa shape index (κ2) is 8.20. The fourth-order valence-corrected chi connectivity index (χ4v) is 4.66. The van der Waals surface area contributed by atoms with Gasteiger partial charge in [-0.15, -0.1) is 0 Å². The molecule has 0 unspecified atom stereocenters. The Labute approximate surface area is 192 Å². The van der Waals surface area contributed by atoms with Gasteiger partial charge in [-0.2, -0.15) is 0 Å². The third-order valence-corrected chi connectivity index (χ3v) is 6.45. The number of fused-ring (bicyclic) bond motifs is 3. The van der Waals surface area contributed by atoms with Crippen molar-refractivity contribution in [2.24, 2.45) is 0 Å². The number of nitrogens with zero attached hydrogens (tertiary/aromatic N) is 1. The molecule has 0 amide bonds.